The van der Waals surface area contributed by atoms with Crippen LogP contribution in [0.2, 0.25) is 0 Å². The van der Waals surface area contributed by atoms with Crippen LogP contribution in [0.5, 0.6) is 0 Å². The zero-order valence-electron chi connectivity index (χ0n) is 10.1. The minimum atomic E-state index is -0.295. The van der Waals surface area contributed by atoms with Crippen LogP contribution >= 0.6 is 23.7 Å². The van der Waals surface area contributed by atoms with Crippen LogP contribution in [0.15, 0.2) is 36.7 Å². The van der Waals surface area contributed by atoms with Gasteiger partial charge >= 0.3 is 0 Å². The van der Waals surface area contributed by atoms with Gasteiger partial charge in [0.15, 0.2) is 0 Å². The standard InChI is InChI=1S/C13H10FN3S.ClH/c1-8-6-9-12(15-7-16-13(9)18-8)17-11-5-3-2-4-10(11)14;/h2-7H,1H3,(H,15,16,17);1H. The van der Waals surface area contributed by atoms with E-state index in [1.165, 1.54) is 12.4 Å². The molecule has 6 heteroatoms. The van der Waals surface area contributed by atoms with Crippen LogP contribution in [0.1, 0.15) is 4.88 Å². The van der Waals surface area contributed by atoms with Gasteiger partial charge in [-0.15, -0.1) is 23.7 Å². The second-order valence-corrected chi connectivity index (χ2v) is 5.14. The Morgan fingerprint density at radius 1 is 1.21 bits per heavy atom. The maximum atomic E-state index is 13.6. The second-order valence-electron chi connectivity index (χ2n) is 3.90. The fourth-order valence-electron chi connectivity index (χ4n) is 1.77. The summed E-state index contributed by atoms with van der Waals surface area (Å²) >= 11 is 1.60. The molecule has 0 saturated carbocycles. The van der Waals surface area contributed by atoms with Crippen LogP contribution in [-0.2, 0) is 0 Å². The molecule has 0 aliphatic carbocycles. The van der Waals surface area contributed by atoms with Gasteiger partial charge in [-0.2, -0.15) is 0 Å². The molecule has 3 aromatic rings. The van der Waals surface area contributed by atoms with E-state index in [0.29, 0.717) is 11.5 Å². The van der Waals surface area contributed by atoms with Crippen molar-refractivity contribution in [1.82, 2.24) is 9.97 Å². The van der Waals surface area contributed by atoms with E-state index in [2.05, 4.69) is 15.3 Å². The van der Waals surface area contributed by atoms with Gasteiger partial charge in [0, 0.05) is 4.88 Å². The average Bonchev–Trinajstić information content (AvgIpc) is 2.73. The van der Waals surface area contributed by atoms with Crippen molar-refractivity contribution in [3.8, 4) is 0 Å². The van der Waals surface area contributed by atoms with Gasteiger partial charge in [-0.05, 0) is 25.1 Å². The van der Waals surface area contributed by atoms with Crippen molar-refractivity contribution in [2.24, 2.45) is 0 Å². The number of aromatic nitrogens is 2. The minimum Gasteiger partial charge on any atom is -0.337 e. The van der Waals surface area contributed by atoms with Crippen LogP contribution in [0.4, 0.5) is 15.9 Å². The SMILES string of the molecule is Cc1cc2c(Nc3ccccc3F)ncnc2s1.Cl. The Morgan fingerprint density at radius 2 is 2.00 bits per heavy atom. The first-order valence-electron chi connectivity index (χ1n) is 5.47. The van der Waals surface area contributed by atoms with Gasteiger partial charge in [0.2, 0.25) is 0 Å². The summed E-state index contributed by atoms with van der Waals surface area (Å²) < 4.78 is 13.6. The van der Waals surface area contributed by atoms with Crippen molar-refractivity contribution >= 4 is 45.5 Å². The molecule has 0 unspecified atom stereocenters. The Labute approximate surface area is 119 Å². The van der Waals surface area contributed by atoms with Gasteiger partial charge in [-0.25, -0.2) is 14.4 Å². The second kappa shape index (κ2) is 5.50. The maximum absolute atomic E-state index is 13.6. The van der Waals surface area contributed by atoms with Crippen molar-refractivity contribution in [3.63, 3.8) is 0 Å². The van der Waals surface area contributed by atoms with E-state index in [0.717, 1.165) is 15.1 Å². The lowest BCUT2D eigenvalue weighted by Crippen LogP contribution is -1.96. The van der Waals surface area contributed by atoms with Gasteiger partial charge in [-0.1, -0.05) is 12.1 Å². The predicted octanol–water partition coefficient (Wildman–Crippen LogP) is 4.30. The first kappa shape index (κ1) is 13.7. The van der Waals surface area contributed by atoms with E-state index in [-0.39, 0.29) is 18.2 Å². The fourth-order valence-corrected chi connectivity index (χ4v) is 2.61. The zero-order chi connectivity index (χ0) is 12.5. The van der Waals surface area contributed by atoms with Crippen LogP contribution < -0.4 is 5.32 Å². The lowest BCUT2D eigenvalue weighted by Gasteiger charge is -2.06. The number of aryl methyl sites for hydroxylation is 1. The Bertz CT molecular complexity index is 714. The fraction of sp³-hybridized carbons (Fsp3) is 0.0769. The first-order chi connectivity index (χ1) is 8.74. The summed E-state index contributed by atoms with van der Waals surface area (Å²) in [4.78, 5) is 10.4. The summed E-state index contributed by atoms with van der Waals surface area (Å²) in [7, 11) is 0. The Kier molecular flexibility index (Phi) is 3.97. The number of fused-ring (bicyclic) bond motifs is 1. The van der Waals surface area contributed by atoms with Gasteiger partial charge in [0.25, 0.3) is 0 Å². The molecule has 0 aliphatic rings. The molecule has 19 heavy (non-hydrogen) atoms. The summed E-state index contributed by atoms with van der Waals surface area (Å²) in [6.07, 6.45) is 1.49. The van der Waals surface area contributed by atoms with Crippen molar-refractivity contribution in [1.29, 1.82) is 0 Å². The lowest BCUT2D eigenvalue weighted by molar-refractivity contribution is 0.632. The highest BCUT2D eigenvalue weighted by molar-refractivity contribution is 7.18. The number of nitrogens with zero attached hydrogens (tertiary/aromatic N) is 2. The summed E-state index contributed by atoms with van der Waals surface area (Å²) in [5.74, 6) is 0.339. The zero-order valence-corrected chi connectivity index (χ0v) is 11.7. The molecule has 0 radical (unpaired) electrons. The van der Waals surface area contributed by atoms with Gasteiger partial charge < -0.3 is 5.32 Å². The van der Waals surface area contributed by atoms with Crippen LogP contribution in [-0.4, -0.2) is 9.97 Å². The molecule has 3 rings (SSSR count). The summed E-state index contributed by atoms with van der Waals surface area (Å²) in [6.45, 7) is 2.01. The molecule has 2 heterocycles. The summed E-state index contributed by atoms with van der Waals surface area (Å²) in [6, 6.07) is 8.54. The minimum absolute atomic E-state index is 0. The van der Waals surface area contributed by atoms with E-state index in [1.54, 1.807) is 29.5 Å². The number of hydrogen-bond acceptors (Lipinski definition) is 4. The molecular formula is C13H11ClFN3S. The number of halogens is 2. The topological polar surface area (TPSA) is 37.8 Å². The summed E-state index contributed by atoms with van der Waals surface area (Å²) in [5.41, 5.74) is 0.418. The Hall–Kier alpha value is -1.72. The molecule has 1 N–H and O–H groups in total. The molecule has 0 aliphatic heterocycles. The lowest BCUT2D eigenvalue weighted by atomic mass is 10.3. The first-order valence-corrected chi connectivity index (χ1v) is 6.28. The van der Waals surface area contributed by atoms with E-state index in [9.17, 15) is 4.39 Å². The van der Waals surface area contributed by atoms with Crippen molar-refractivity contribution in [2.45, 2.75) is 6.92 Å². The van der Waals surface area contributed by atoms with Gasteiger partial charge in [0.1, 0.15) is 22.8 Å². The molecule has 3 nitrogen and oxygen atoms in total. The van der Waals surface area contributed by atoms with E-state index >= 15 is 0 Å². The number of nitrogens with one attached hydrogen (secondary N) is 1. The van der Waals surface area contributed by atoms with E-state index in [4.69, 9.17) is 0 Å². The third-order valence-electron chi connectivity index (χ3n) is 2.58. The Balaban J connectivity index is 0.00000133. The highest BCUT2D eigenvalue weighted by Crippen LogP contribution is 2.29. The molecule has 1 aromatic carbocycles. The molecule has 0 spiro atoms. The van der Waals surface area contributed by atoms with Crippen molar-refractivity contribution in [2.75, 3.05) is 5.32 Å². The summed E-state index contributed by atoms with van der Waals surface area (Å²) in [5, 5.41) is 3.93. The van der Waals surface area contributed by atoms with Crippen molar-refractivity contribution < 1.29 is 4.39 Å². The normalized spacial score (nSPS) is 10.2. The largest absolute Gasteiger partial charge is 0.337 e. The van der Waals surface area contributed by atoms with E-state index < -0.39 is 0 Å². The molecule has 0 atom stereocenters. The molecular weight excluding hydrogens is 285 g/mol. The quantitative estimate of drug-likeness (QED) is 0.766. The van der Waals surface area contributed by atoms with Gasteiger partial charge in [-0.3, -0.25) is 0 Å². The maximum Gasteiger partial charge on any atom is 0.146 e. The third-order valence-corrected chi connectivity index (χ3v) is 3.54. The van der Waals surface area contributed by atoms with E-state index in [1.807, 2.05) is 13.0 Å². The molecule has 0 saturated heterocycles. The highest BCUT2D eigenvalue weighted by Gasteiger charge is 2.08. The number of rotatable bonds is 2. The molecule has 0 amide bonds. The number of benzene rings is 1. The molecule has 0 bridgehead atoms. The number of hydrogen-bond donors (Lipinski definition) is 1. The van der Waals surface area contributed by atoms with Gasteiger partial charge in [0.05, 0.1) is 11.1 Å². The molecule has 0 fully saturated rings. The highest BCUT2D eigenvalue weighted by atomic mass is 35.5. The monoisotopic (exact) mass is 295 g/mol. The number of anilines is 2. The van der Waals surface area contributed by atoms with Crippen LogP contribution in [0.3, 0.4) is 0 Å². The van der Waals surface area contributed by atoms with Crippen molar-refractivity contribution in [3.05, 3.63) is 47.4 Å². The van der Waals surface area contributed by atoms with Crippen LogP contribution in [0.25, 0.3) is 10.2 Å². The number of thiophene rings is 1. The third kappa shape index (κ3) is 2.67. The molecule has 98 valence electrons. The number of para-hydroxylation sites is 1. The smallest absolute Gasteiger partial charge is 0.146 e. The predicted molar refractivity (Wildman–Crippen MR) is 79.1 cm³/mol. The Morgan fingerprint density at radius 3 is 2.79 bits per heavy atom. The molecule has 2 aromatic heterocycles. The van der Waals surface area contributed by atoms with Crippen LogP contribution in [0, 0.1) is 12.7 Å². The average molecular weight is 296 g/mol.